The van der Waals surface area contributed by atoms with Crippen molar-refractivity contribution in [2.24, 2.45) is 0 Å². The summed E-state index contributed by atoms with van der Waals surface area (Å²) < 4.78 is 62.2. The van der Waals surface area contributed by atoms with Crippen LogP contribution < -0.4 is 0 Å². The van der Waals surface area contributed by atoms with Gasteiger partial charge in [-0.3, -0.25) is 0 Å². The summed E-state index contributed by atoms with van der Waals surface area (Å²) in [5.41, 5.74) is 0.455. The number of carbonyl (C=O) groups excluding carboxylic acids is 6. The molecule has 16 heteroatoms. The molecule has 0 bridgehead atoms. The Labute approximate surface area is 401 Å². The molecule has 0 aromatic heterocycles. The summed E-state index contributed by atoms with van der Waals surface area (Å²) in [4.78, 5) is 85.0. The van der Waals surface area contributed by atoms with Gasteiger partial charge in [0.25, 0.3) is 0 Å². The fraction of sp³-hybridized carbons (Fsp3) is 0.222. The van der Waals surface area contributed by atoms with Crippen LogP contribution in [0.2, 0.25) is 0 Å². The highest BCUT2D eigenvalue weighted by molar-refractivity contribution is 5.93. The van der Waals surface area contributed by atoms with Crippen LogP contribution >= 0.6 is 0 Å². The molecule has 8 rings (SSSR count). The first kappa shape index (κ1) is 48.4. The van der Waals surface area contributed by atoms with Gasteiger partial charge in [0.15, 0.2) is 49.2 Å². The lowest BCUT2D eigenvalue weighted by molar-refractivity contribution is -0.349. The van der Waals surface area contributed by atoms with E-state index in [1.165, 1.54) is 87.0 Å². The minimum atomic E-state index is -1.84. The summed E-state index contributed by atoms with van der Waals surface area (Å²) in [7, 11) is 2.46. The molecule has 0 unspecified atom stereocenters. The number of hydrogen-bond donors (Lipinski definition) is 0. The van der Waals surface area contributed by atoms with Crippen LogP contribution in [0.3, 0.4) is 0 Å². The van der Waals surface area contributed by atoms with Crippen LogP contribution in [0, 0.1) is 0 Å². The highest BCUT2D eigenvalue weighted by atomic mass is 16.8. The van der Waals surface area contributed by atoms with E-state index in [0.29, 0.717) is 0 Å². The Hall–Kier alpha value is -8.02. The average molecular weight is 951 g/mol. The first-order chi connectivity index (χ1) is 34.1. The first-order valence-corrected chi connectivity index (χ1v) is 22.1. The van der Waals surface area contributed by atoms with Crippen molar-refractivity contribution in [2.75, 3.05) is 14.2 Å². The van der Waals surface area contributed by atoms with Crippen molar-refractivity contribution in [2.45, 2.75) is 61.4 Å². The van der Waals surface area contributed by atoms with Gasteiger partial charge in [-0.05, 0) is 72.8 Å². The molecule has 0 amide bonds. The minimum Gasteiger partial charge on any atom is -0.452 e. The summed E-state index contributed by atoms with van der Waals surface area (Å²) in [6.07, 6.45) is -17.4. The minimum absolute atomic E-state index is 0.0509. The van der Waals surface area contributed by atoms with Crippen LogP contribution in [-0.4, -0.2) is 111 Å². The number of rotatable bonds is 15. The van der Waals surface area contributed by atoms with Gasteiger partial charge in [0.2, 0.25) is 0 Å². The molecular weight excluding hydrogens is 905 g/mol. The molecule has 2 aliphatic heterocycles. The standard InChI is InChI=1S/C54H46O16/c1-61-53-45(67-51(59)37-29-17-7-18-30-37)43(65-49(57)35-25-13-5-14-26-35)39(63-47(55)33-21-9-3-10-22-33)41(69-53)42-40(64-48(56)34-23-11-4-12-24-34)44(66-50(58)36-27-15-6-16-28-36)46(54(62-2)70-42)68-52(60)38-31-19-8-20-32-38/h3-32,39-46,53-54H,1-2H3/t39-,40-,41-,42+,43-,44-,45+,46+,53-,54-/m0/s1. The van der Waals surface area contributed by atoms with E-state index in [0.717, 1.165) is 0 Å². The summed E-state index contributed by atoms with van der Waals surface area (Å²) >= 11 is 0. The smallest absolute Gasteiger partial charge is 0.338 e. The normalized spacial score (nSPS) is 23.9. The monoisotopic (exact) mass is 950 g/mol. The van der Waals surface area contributed by atoms with Gasteiger partial charge >= 0.3 is 35.8 Å². The van der Waals surface area contributed by atoms with Gasteiger partial charge in [0.1, 0.15) is 12.2 Å². The van der Waals surface area contributed by atoms with E-state index in [4.69, 9.17) is 47.4 Å². The highest BCUT2D eigenvalue weighted by Gasteiger charge is 2.62. The number of carbonyl (C=O) groups is 6. The van der Waals surface area contributed by atoms with E-state index >= 15 is 0 Å². The quantitative estimate of drug-likeness (QED) is 0.0748. The van der Waals surface area contributed by atoms with Gasteiger partial charge in [-0.15, -0.1) is 0 Å². The van der Waals surface area contributed by atoms with Crippen LogP contribution in [-0.2, 0) is 47.4 Å². The molecule has 358 valence electrons. The van der Waals surface area contributed by atoms with Crippen molar-refractivity contribution in [3.63, 3.8) is 0 Å². The predicted octanol–water partition coefficient (Wildman–Crippen LogP) is 7.08. The maximum Gasteiger partial charge on any atom is 0.338 e. The van der Waals surface area contributed by atoms with Crippen LogP contribution in [0.5, 0.6) is 0 Å². The summed E-state index contributed by atoms with van der Waals surface area (Å²) in [5, 5.41) is 0. The van der Waals surface area contributed by atoms with Crippen LogP contribution in [0.1, 0.15) is 62.1 Å². The lowest BCUT2D eigenvalue weighted by Gasteiger charge is -2.51. The predicted molar refractivity (Wildman–Crippen MR) is 245 cm³/mol. The number of esters is 6. The topological polar surface area (TPSA) is 195 Å². The zero-order chi connectivity index (χ0) is 49.0. The van der Waals surface area contributed by atoms with E-state index in [1.807, 2.05) is 0 Å². The molecule has 2 aliphatic rings. The zero-order valence-electron chi connectivity index (χ0n) is 37.6. The molecule has 2 heterocycles. The number of benzene rings is 6. The molecule has 2 saturated heterocycles. The number of hydrogen-bond acceptors (Lipinski definition) is 16. The molecule has 0 spiro atoms. The van der Waals surface area contributed by atoms with Crippen molar-refractivity contribution >= 4 is 35.8 Å². The molecule has 6 aromatic carbocycles. The number of methoxy groups -OCH3 is 2. The molecule has 70 heavy (non-hydrogen) atoms. The van der Waals surface area contributed by atoms with Crippen LogP contribution in [0.15, 0.2) is 182 Å². The van der Waals surface area contributed by atoms with Crippen molar-refractivity contribution in [1.82, 2.24) is 0 Å². The van der Waals surface area contributed by atoms with Crippen molar-refractivity contribution in [3.8, 4) is 0 Å². The van der Waals surface area contributed by atoms with Gasteiger partial charge in [-0.2, -0.15) is 0 Å². The lowest BCUT2D eigenvalue weighted by Crippen LogP contribution is -2.71. The Morgan fingerprint density at radius 3 is 0.671 bits per heavy atom. The third kappa shape index (κ3) is 11.3. The van der Waals surface area contributed by atoms with Crippen molar-refractivity contribution in [1.29, 1.82) is 0 Å². The van der Waals surface area contributed by atoms with E-state index in [9.17, 15) is 28.8 Å². The van der Waals surface area contributed by atoms with E-state index < -0.39 is 97.2 Å². The maximum atomic E-state index is 14.3. The highest BCUT2D eigenvalue weighted by Crippen LogP contribution is 2.39. The van der Waals surface area contributed by atoms with Crippen molar-refractivity contribution < 1.29 is 76.1 Å². The molecular formula is C54H46O16. The second-order valence-electron chi connectivity index (χ2n) is 15.8. The Balaban J connectivity index is 1.29. The van der Waals surface area contributed by atoms with Gasteiger partial charge < -0.3 is 47.4 Å². The fourth-order valence-corrected chi connectivity index (χ4v) is 7.96. The van der Waals surface area contributed by atoms with E-state index in [1.54, 1.807) is 109 Å². The van der Waals surface area contributed by atoms with Gasteiger partial charge in [-0.25, -0.2) is 28.8 Å². The summed E-state index contributed by atoms with van der Waals surface area (Å²) in [6.45, 7) is 0. The molecule has 0 N–H and O–H groups in total. The molecule has 0 saturated carbocycles. The largest absolute Gasteiger partial charge is 0.452 e. The Kier molecular flexibility index (Phi) is 15.8. The summed E-state index contributed by atoms with van der Waals surface area (Å²) in [6, 6.07) is 47.2. The second-order valence-corrected chi connectivity index (χ2v) is 15.8. The molecule has 0 aliphatic carbocycles. The molecule has 0 radical (unpaired) electrons. The lowest BCUT2D eigenvalue weighted by atomic mass is 9.87. The number of ether oxygens (including phenoxy) is 10. The van der Waals surface area contributed by atoms with Crippen LogP contribution in [0.25, 0.3) is 0 Å². The third-order valence-corrected chi connectivity index (χ3v) is 11.4. The molecule has 16 nitrogen and oxygen atoms in total. The Morgan fingerprint density at radius 1 is 0.286 bits per heavy atom. The molecule has 2 fully saturated rings. The van der Waals surface area contributed by atoms with Gasteiger partial charge in [0, 0.05) is 14.2 Å². The average Bonchev–Trinajstić information content (AvgIpc) is 3.41. The zero-order valence-corrected chi connectivity index (χ0v) is 37.6. The van der Waals surface area contributed by atoms with Crippen LogP contribution in [0.4, 0.5) is 0 Å². The SMILES string of the molecule is CO[C@H]1O[C@H]([C@@H]2O[C@H](OC)[C@H](OC(=O)c3ccccc3)[C@@H](OC(=O)c3ccccc3)[C@H]2OC(=O)c2ccccc2)[C@H](OC(=O)c2ccccc2)[C@H](OC(=O)c2ccccc2)[C@H]1OC(=O)c1ccccc1. The Morgan fingerprint density at radius 2 is 0.471 bits per heavy atom. The first-order valence-electron chi connectivity index (χ1n) is 22.1. The van der Waals surface area contributed by atoms with E-state index in [-0.39, 0.29) is 33.4 Å². The molecule has 10 atom stereocenters. The van der Waals surface area contributed by atoms with Crippen molar-refractivity contribution in [3.05, 3.63) is 215 Å². The second kappa shape index (κ2) is 22.9. The fourth-order valence-electron chi connectivity index (χ4n) is 7.96. The van der Waals surface area contributed by atoms with Gasteiger partial charge in [0.05, 0.1) is 33.4 Å². The maximum absolute atomic E-state index is 14.3. The van der Waals surface area contributed by atoms with E-state index in [2.05, 4.69) is 0 Å². The van der Waals surface area contributed by atoms with Gasteiger partial charge in [-0.1, -0.05) is 109 Å². The molecule has 6 aromatic rings. The Bertz CT molecular complexity index is 2520. The summed E-state index contributed by atoms with van der Waals surface area (Å²) in [5.74, 6) is -5.55. The third-order valence-electron chi connectivity index (χ3n) is 11.4.